The smallest absolute Gasteiger partial charge is 0.317 e. The number of aromatic nitrogens is 2. The summed E-state index contributed by atoms with van der Waals surface area (Å²) in [5, 5.41) is 6.67. The molecule has 1 aromatic heterocycles. The predicted molar refractivity (Wildman–Crippen MR) is 122 cm³/mol. The number of piperazine rings is 1. The van der Waals surface area contributed by atoms with Crippen molar-refractivity contribution in [3.8, 4) is 0 Å². The van der Waals surface area contributed by atoms with E-state index in [1.807, 2.05) is 18.7 Å². The number of rotatable bonds is 9. The van der Waals surface area contributed by atoms with Gasteiger partial charge < -0.3 is 20.4 Å². The van der Waals surface area contributed by atoms with Gasteiger partial charge in [-0.3, -0.25) is 4.79 Å². The van der Waals surface area contributed by atoms with E-state index in [0.29, 0.717) is 49.0 Å². The van der Waals surface area contributed by atoms with Gasteiger partial charge in [-0.2, -0.15) is 0 Å². The third kappa shape index (κ3) is 7.83. The van der Waals surface area contributed by atoms with E-state index in [0.717, 1.165) is 18.7 Å². The van der Waals surface area contributed by atoms with Gasteiger partial charge in [0.25, 0.3) is 0 Å². The molecule has 0 bridgehead atoms. The van der Waals surface area contributed by atoms with Crippen LogP contribution >= 0.6 is 23.4 Å². The van der Waals surface area contributed by atoms with Crippen LogP contribution in [0.1, 0.15) is 40.5 Å². The minimum absolute atomic E-state index is 0.0237. The number of nitrogens with one attached hydrogen (secondary N) is 2. The molecular formula is C20H33ClN6O2S. The van der Waals surface area contributed by atoms with E-state index in [4.69, 9.17) is 11.6 Å². The number of hydrogen-bond donors (Lipinski definition) is 2. The molecule has 2 rings (SSSR count). The molecular weight excluding hydrogens is 424 g/mol. The Balaban J connectivity index is 1.92. The van der Waals surface area contributed by atoms with Gasteiger partial charge in [0.1, 0.15) is 11.0 Å². The maximum absolute atomic E-state index is 12.3. The fourth-order valence-corrected chi connectivity index (χ4v) is 4.01. The van der Waals surface area contributed by atoms with E-state index in [1.165, 1.54) is 11.8 Å². The Hall–Kier alpha value is -1.74. The van der Waals surface area contributed by atoms with Crippen LogP contribution in [0.25, 0.3) is 0 Å². The molecule has 0 spiro atoms. The van der Waals surface area contributed by atoms with Gasteiger partial charge in [-0.05, 0) is 25.7 Å². The van der Waals surface area contributed by atoms with Crippen molar-refractivity contribution in [2.75, 3.05) is 43.4 Å². The Morgan fingerprint density at radius 2 is 2.03 bits per heavy atom. The van der Waals surface area contributed by atoms with E-state index < -0.39 is 0 Å². The Morgan fingerprint density at radius 3 is 2.70 bits per heavy atom. The average molecular weight is 457 g/mol. The van der Waals surface area contributed by atoms with Crippen LogP contribution in [0.15, 0.2) is 11.2 Å². The molecule has 0 saturated carbocycles. The molecule has 1 aromatic rings. The third-order valence-electron chi connectivity index (χ3n) is 4.78. The van der Waals surface area contributed by atoms with Gasteiger partial charge in [0.2, 0.25) is 5.91 Å². The van der Waals surface area contributed by atoms with Gasteiger partial charge in [0, 0.05) is 44.8 Å². The van der Waals surface area contributed by atoms with Crippen LogP contribution in [0, 0.1) is 5.92 Å². The number of anilines is 1. The van der Waals surface area contributed by atoms with Crippen molar-refractivity contribution in [3.05, 3.63) is 11.2 Å². The predicted octanol–water partition coefficient (Wildman–Crippen LogP) is 3.01. The lowest BCUT2D eigenvalue weighted by molar-refractivity contribution is -0.118. The first-order chi connectivity index (χ1) is 14.3. The fourth-order valence-electron chi connectivity index (χ4n) is 3.09. The third-order valence-corrected chi connectivity index (χ3v) is 5.82. The number of carbonyl (C=O) groups is 2. The quantitative estimate of drug-likeness (QED) is 0.337. The Labute approximate surface area is 188 Å². The SMILES string of the molecule is CCCNC(=O)N1CCN(c2cc(Cl)nc(SCC(=O)NCCC(C)C)n2)CC1C. The minimum atomic E-state index is -0.0360. The van der Waals surface area contributed by atoms with Gasteiger partial charge in [0.05, 0.1) is 5.75 Å². The lowest BCUT2D eigenvalue weighted by Crippen LogP contribution is -2.56. The topological polar surface area (TPSA) is 90.5 Å². The van der Waals surface area contributed by atoms with E-state index in [9.17, 15) is 9.59 Å². The zero-order valence-corrected chi connectivity index (χ0v) is 19.9. The summed E-state index contributed by atoms with van der Waals surface area (Å²) in [6.45, 7) is 11.6. The molecule has 1 unspecified atom stereocenters. The summed E-state index contributed by atoms with van der Waals surface area (Å²) >= 11 is 7.48. The van der Waals surface area contributed by atoms with Gasteiger partial charge in [0.15, 0.2) is 5.16 Å². The lowest BCUT2D eigenvalue weighted by Gasteiger charge is -2.40. The van der Waals surface area contributed by atoms with Crippen molar-refractivity contribution in [3.63, 3.8) is 0 Å². The van der Waals surface area contributed by atoms with Gasteiger partial charge in [-0.25, -0.2) is 14.8 Å². The van der Waals surface area contributed by atoms with Gasteiger partial charge in [-0.15, -0.1) is 0 Å². The summed E-state index contributed by atoms with van der Waals surface area (Å²) in [5.74, 6) is 1.49. The number of halogens is 1. The van der Waals surface area contributed by atoms with Crippen molar-refractivity contribution in [1.82, 2.24) is 25.5 Å². The first-order valence-corrected chi connectivity index (χ1v) is 11.9. The van der Waals surface area contributed by atoms with Gasteiger partial charge in [-0.1, -0.05) is 44.1 Å². The van der Waals surface area contributed by atoms with E-state index in [-0.39, 0.29) is 23.7 Å². The molecule has 0 radical (unpaired) electrons. The molecule has 1 aliphatic heterocycles. The summed E-state index contributed by atoms with van der Waals surface area (Å²) in [5.41, 5.74) is 0. The second kappa shape index (κ2) is 12.2. The number of amides is 3. The Morgan fingerprint density at radius 1 is 1.27 bits per heavy atom. The van der Waals surface area contributed by atoms with E-state index in [1.54, 1.807) is 6.07 Å². The molecule has 10 heteroatoms. The maximum Gasteiger partial charge on any atom is 0.317 e. The van der Waals surface area contributed by atoms with Crippen molar-refractivity contribution in [1.29, 1.82) is 0 Å². The first kappa shape index (κ1) is 24.5. The second-order valence-corrected chi connectivity index (χ2v) is 9.20. The standard InChI is InChI=1S/C20H33ClN6O2S/c1-5-7-23-20(29)27-10-9-26(12-15(27)4)17-11-16(21)24-19(25-17)30-13-18(28)22-8-6-14(2)3/h11,14-15H,5-10,12-13H2,1-4H3,(H,22,28)(H,23,29). The highest BCUT2D eigenvalue weighted by atomic mass is 35.5. The fraction of sp³-hybridized carbons (Fsp3) is 0.700. The average Bonchev–Trinajstić information content (AvgIpc) is 2.69. The molecule has 30 heavy (non-hydrogen) atoms. The van der Waals surface area contributed by atoms with Crippen LogP contribution in [0.4, 0.5) is 10.6 Å². The molecule has 1 atom stereocenters. The molecule has 1 fully saturated rings. The molecule has 0 aromatic carbocycles. The van der Waals surface area contributed by atoms with Crippen LogP contribution in [0.5, 0.6) is 0 Å². The van der Waals surface area contributed by atoms with Crippen LogP contribution < -0.4 is 15.5 Å². The van der Waals surface area contributed by atoms with Crippen LogP contribution in [-0.2, 0) is 4.79 Å². The summed E-state index contributed by atoms with van der Waals surface area (Å²) in [4.78, 5) is 37.1. The zero-order valence-electron chi connectivity index (χ0n) is 18.3. The summed E-state index contributed by atoms with van der Waals surface area (Å²) < 4.78 is 0. The number of hydrogen-bond acceptors (Lipinski definition) is 6. The largest absolute Gasteiger partial charge is 0.355 e. The monoisotopic (exact) mass is 456 g/mol. The van der Waals surface area contributed by atoms with E-state index >= 15 is 0 Å². The highest BCUT2D eigenvalue weighted by molar-refractivity contribution is 7.99. The van der Waals surface area contributed by atoms with Crippen LogP contribution in [-0.4, -0.2) is 71.3 Å². The summed E-state index contributed by atoms with van der Waals surface area (Å²) in [6, 6.07) is 1.75. The Kier molecular flexibility index (Phi) is 9.97. The van der Waals surface area contributed by atoms with Crippen LogP contribution in [0.2, 0.25) is 5.15 Å². The molecule has 2 N–H and O–H groups in total. The number of thioether (sulfide) groups is 1. The first-order valence-electron chi connectivity index (χ1n) is 10.5. The van der Waals surface area contributed by atoms with Crippen molar-refractivity contribution in [2.45, 2.75) is 51.7 Å². The second-order valence-electron chi connectivity index (χ2n) is 7.87. The molecule has 168 valence electrons. The highest BCUT2D eigenvalue weighted by Crippen LogP contribution is 2.24. The number of nitrogens with zero attached hydrogens (tertiary/aromatic N) is 4. The zero-order chi connectivity index (χ0) is 22.1. The van der Waals surface area contributed by atoms with Gasteiger partial charge >= 0.3 is 6.03 Å². The Bertz CT molecular complexity index is 721. The maximum atomic E-state index is 12.3. The minimum Gasteiger partial charge on any atom is -0.355 e. The highest BCUT2D eigenvalue weighted by Gasteiger charge is 2.28. The van der Waals surface area contributed by atoms with Crippen LogP contribution in [0.3, 0.4) is 0 Å². The van der Waals surface area contributed by atoms with E-state index in [2.05, 4.69) is 39.3 Å². The number of urea groups is 1. The lowest BCUT2D eigenvalue weighted by atomic mass is 10.1. The molecule has 1 saturated heterocycles. The molecule has 0 aliphatic carbocycles. The summed E-state index contributed by atoms with van der Waals surface area (Å²) in [7, 11) is 0. The number of carbonyl (C=O) groups excluding carboxylic acids is 2. The molecule has 8 nitrogen and oxygen atoms in total. The normalized spacial score (nSPS) is 16.7. The molecule has 2 heterocycles. The molecule has 3 amide bonds. The van der Waals surface area contributed by atoms with Crippen molar-refractivity contribution >= 4 is 41.1 Å². The molecule has 1 aliphatic rings. The summed E-state index contributed by atoms with van der Waals surface area (Å²) in [6.07, 6.45) is 1.87. The van der Waals surface area contributed by atoms with Crippen molar-refractivity contribution in [2.24, 2.45) is 5.92 Å². The van der Waals surface area contributed by atoms with Crippen molar-refractivity contribution < 1.29 is 9.59 Å².